The number of nitrogens with one attached hydrogen (secondary N) is 1. The average molecular weight is 493 g/mol. The van der Waals surface area contributed by atoms with Crippen molar-refractivity contribution in [3.8, 4) is 11.1 Å². The minimum Gasteiger partial charge on any atom is -0.309 e. The largest absolute Gasteiger partial charge is 0.309 e. The highest BCUT2D eigenvalue weighted by atomic mass is 35.5. The zero-order valence-corrected chi connectivity index (χ0v) is 19.6. The van der Waals surface area contributed by atoms with E-state index in [0.717, 1.165) is 11.1 Å². The molecule has 5 aromatic rings. The van der Waals surface area contributed by atoms with Crippen LogP contribution in [0.3, 0.4) is 0 Å². The van der Waals surface area contributed by atoms with Gasteiger partial charge in [0.05, 0.1) is 22.0 Å². The number of allylic oxidation sites excluding steroid dienone is 1. The summed E-state index contributed by atoms with van der Waals surface area (Å²) in [6.45, 7) is 4.09. The van der Waals surface area contributed by atoms with Crippen molar-refractivity contribution in [2.75, 3.05) is 0 Å². The van der Waals surface area contributed by atoms with E-state index in [2.05, 4.69) is 21.5 Å². The van der Waals surface area contributed by atoms with Gasteiger partial charge in [0.25, 0.3) is 11.1 Å². The number of fused-ring (bicyclic) bond motifs is 2. The summed E-state index contributed by atoms with van der Waals surface area (Å²) < 4.78 is 1.58. The second-order valence-corrected chi connectivity index (χ2v) is 9.43. The van der Waals surface area contributed by atoms with E-state index in [0.29, 0.717) is 49.4 Å². The molecule has 0 radical (unpaired) electrons. The van der Waals surface area contributed by atoms with Crippen LogP contribution in [0.25, 0.3) is 32.2 Å². The number of H-pyrrole nitrogens is 1. The van der Waals surface area contributed by atoms with E-state index in [9.17, 15) is 9.59 Å². The van der Waals surface area contributed by atoms with Crippen LogP contribution >= 0.6 is 34.7 Å². The lowest BCUT2D eigenvalue weighted by molar-refractivity contribution is 0.671. The van der Waals surface area contributed by atoms with Crippen molar-refractivity contribution in [3.63, 3.8) is 0 Å². The maximum Gasteiger partial charge on any atom is 0.262 e. The topological polar surface area (TPSA) is 80.6 Å². The molecule has 1 N–H and O–H groups in total. The van der Waals surface area contributed by atoms with E-state index in [1.54, 1.807) is 22.8 Å². The molecule has 3 aromatic heterocycles. The van der Waals surface area contributed by atoms with Crippen LogP contribution in [-0.4, -0.2) is 19.5 Å². The first-order chi connectivity index (χ1) is 16.1. The van der Waals surface area contributed by atoms with Crippen LogP contribution in [0.2, 0.25) is 5.02 Å². The van der Waals surface area contributed by atoms with Gasteiger partial charge in [0.15, 0.2) is 5.16 Å². The Morgan fingerprint density at radius 1 is 1.09 bits per heavy atom. The second kappa shape index (κ2) is 8.97. The Hall–Kier alpha value is -3.20. The molecule has 0 aliphatic heterocycles. The quantitative estimate of drug-likeness (QED) is 0.192. The van der Waals surface area contributed by atoms with Crippen molar-refractivity contribution in [1.82, 2.24) is 19.5 Å². The van der Waals surface area contributed by atoms with Gasteiger partial charge in [-0.15, -0.1) is 17.9 Å². The zero-order chi connectivity index (χ0) is 22.9. The van der Waals surface area contributed by atoms with Gasteiger partial charge in [-0.05, 0) is 18.2 Å². The van der Waals surface area contributed by atoms with Crippen molar-refractivity contribution in [2.45, 2.75) is 17.5 Å². The van der Waals surface area contributed by atoms with Crippen LogP contribution in [0.15, 0.2) is 81.3 Å². The maximum absolute atomic E-state index is 13.0. The number of rotatable bonds is 6. The van der Waals surface area contributed by atoms with E-state index < -0.39 is 0 Å². The number of thiophene rings is 1. The lowest BCUT2D eigenvalue weighted by atomic mass is 10.1. The number of hydrogen-bond donors (Lipinski definition) is 1. The highest BCUT2D eigenvalue weighted by molar-refractivity contribution is 7.98. The van der Waals surface area contributed by atoms with Gasteiger partial charge in [-0.25, -0.2) is 9.97 Å². The molecule has 9 heteroatoms. The molecule has 0 amide bonds. The molecule has 0 bridgehead atoms. The lowest BCUT2D eigenvalue weighted by Crippen LogP contribution is -2.22. The number of nitrogens with zero attached hydrogens (tertiary/aromatic N) is 3. The second-order valence-electron chi connectivity index (χ2n) is 7.23. The summed E-state index contributed by atoms with van der Waals surface area (Å²) >= 11 is 9.09. The number of para-hydroxylation sites is 1. The van der Waals surface area contributed by atoms with Gasteiger partial charge in [0.2, 0.25) is 0 Å². The van der Waals surface area contributed by atoms with Crippen molar-refractivity contribution >= 4 is 55.8 Å². The van der Waals surface area contributed by atoms with E-state index in [1.165, 1.54) is 23.1 Å². The highest BCUT2D eigenvalue weighted by Gasteiger charge is 2.16. The summed E-state index contributed by atoms with van der Waals surface area (Å²) in [5.74, 6) is 0.865. The molecular formula is C24H17ClN4O2S2. The fraction of sp³-hybridized carbons (Fsp3) is 0.0833. The fourth-order valence-corrected chi connectivity index (χ4v) is 5.69. The van der Waals surface area contributed by atoms with Crippen molar-refractivity contribution in [2.24, 2.45) is 0 Å². The molecule has 3 heterocycles. The minimum atomic E-state index is -0.221. The SMILES string of the molecule is C=CCn1c(SCc2nc3scc(-c4ccccc4Cl)c3c(=O)[nH]2)nc2ccccc2c1=O. The van der Waals surface area contributed by atoms with E-state index >= 15 is 0 Å². The summed E-state index contributed by atoms with van der Waals surface area (Å²) in [4.78, 5) is 38.7. The van der Waals surface area contributed by atoms with Gasteiger partial charge in [0.1, 0.15) is 10.7 Å². The number of thioether (sulfide) groups is 1. The Morgan fingerprint density at radius 3 is 2.70 bits per heavy atom. The van der Waals surface area contributed by atoms with E-state index in [1.807, 2.05) is 41.8 Å². The predicted octanol–water partition coefficient (Wildman–Crippen LogP) is 5.49. The lowest BCUT2D eigenvalue weighted by Gasteiger charge is -2.11. The maximum atomic E-state index is 13.0. The summed E-state index contributed by atoms with van der Waals surface area (Å²) in [5.41, 5.74) is 1.85. The van der Waals surface area contributed by atoms with Crippen molar-refractivity contribution < 1.29 is 0 Å². The summed E-state index contributed by atoms with van der Waals surface area (Å²) in [5, 5.41) is 4.11. The van der Waals surface area contributed by atoms with Crippen LogP contribution in [0.4, 0.5) is 0 Å². The van der Waals surface area contributed by atoms with Crippen LogP contribution in [-0.2, 0) is 12.3 Å². The number of benzene rings is 2. The zero-order valence-electron chi connectivity index (χ0n) is 17.2. The van der Waals surface area contributed by atoms with E-state index in [-0.39, 0.29) is 11.1 Å². The molecular weight excluding hydrogens is 476 g/mol. The van der Waals surface area contributed by atoms with Gasteiger partial charge < -0.3 is 4.98 Å². The number of halogens is 1. The third-order valence-electron chi connectivity index (χ3n) is 5.13. The number of aromatic nitrogens is 4. The molecule has 0 atom stereocenters. The van der Waals surface area contributed by atoms with Gasteiger partial charge in [-0.3, -0.25) is 14.2 Å². The van der Waals surface area contributed by atoms with Gasteiger partial charge in [0, 0.05) is 28.1 Å². The Labute approximate surface area is 201 Å². The van der Waals surface area contributed by atoms with Gasteiger partial charge >= 0.3 is 0 Å². The standard InChI is InChI=1S/C24H17ClN4O2S2/c1-2-11-29-23(31)15-8-4-6-10-18(15)26-24(29)33-13-19-27-21(30)20-16(12-32-22(20)28-19)14-7-3-5-9-17(14)25/h2-10,12H,1,11,13H2,(H,27,28,30). The van der Waals surface area contributed by atoms with E-state index in [4.69, 9.17) is 11.6 Å². The predicted molar refractivity (Wildman–Crippen MR) is 136 cm³/mol. The Bertz CT molecular complexity index is 1640. The molecule has 33 heavy (non-hydrogen) atoms. The molecule has 6 nitrogen and oxygen atoms in total. The first-order valence-electron chi connectivity index (χ1n) is 10.1. The first-order valence-corrected chi connectivity index (χ1v) is 12.3. The smallest absolute Gasteiger partial charge is 0.262 e. The Balaban J connectivity index is 1.51. The molecule has 0 saturated heterocycles. The Kier molecular flexibility index (Phi) is 5.88. The number of aromatic amines is 1. The first kappa shape index (κ1) is 21.6. The van der Waals surface area contributed by atoms with Crippen molar-refractivity contribution in [1.29, 1.82) is 0 Å². The van der Waals surface area contributed by atoms with Crippen LogP contribution in [0, 0.1) is 0 Å². The Morgan fingerprint density at radius 2 is 1.88 bits per heavy atom. The highest BCUT2D eigenvalue weighted by Crippen LogP contribution is 2.35. The molecule has 5 rings (SSSR count). The molecule has 164 valence electrons. The summed E-state index contributed by atoms with van der Waals surface area (Å²) in [7, 11) is 0. The molecule has 0 spiro atoms. The summed E-state index contributed by atoms with van der Waals surface area (Å²) in [6.07, 6.45) is 1.66. The molecule has 0 aliphatic rings. The average Bonchev–Trinajstić information content (AvgIpc) is 3.24. The van der Waals surface area contributed by atoms with Gasteiger partial charge in [-0.2, -0.15) is 0 Å². The van der Waals surface area contributed by atoms with Crippen LogP contribution < -0.4 is 11.1 Å². The van der Waals surface area contributed by atoms with Gasteiger partial charge in [-0.1, -0.05) is 59.8 Å². The third-order valence-corrected chi connectivity index (χ3v) is 7.32. The molecule has 0 saturated carbocycles. The third kappa shape index (κ3) is 4.01. The summed E-state index contributed by atoms with van der Waals surface area (Å²) in [6, 6.07) is 14.7. The minimum absolute atomic E-state index is 0.123. The fourth-order valence-electron chi connectivity index (χ4n) is 3.62. The van der Waals surface area contributed by atoms with Crippen molar-refractivity contribution in [3.05, 3.63) is 98.1 Å². The molecule has 0 aliphatic carbocycles. The van der Waals surface area contributed by atoms with Crippen LogP contribution in [0.1, 0.15) is 5.82 Å². The normalized spacial score (nSPS) is 11.3. The number of hydrogen-bond acceptors (Lipinski definition) is 6. The molecule has 2 aromatic carbocycles. The molecule has 0 fully saturated rings. The monoisotopic (exact) mass is 492 g/mol. The molecule has 0 unspecified atom stereocenters. The van der Waals surface area contributed by atoms with Crippen LogP contribution in [0.5, 0.6) is 0 Å².